The van der Waals surface area contributed by atoms with Crippen LogP contribution in [0.4, 0.5) is 0 Å². The second-order valence-corrected chi connectivity index (χ2v) is 6.64. The van der Waals surface area contributed by atoms with Crippen LogP contribution in [0, 0.1) is 0 Å². The van der Waals surface area contributed by atoms with E-state index in [0.717, 1.165) is 6.54 Å². The van der Waals surface area contributed by atoms with E-state index in [9.17, 15) is 0 Å². The van der Waals surface area contributed by atoms with Crippen molar-refractivity contribution < 1.29 is 5.11 Å². The first-order chi connectivity index (χ1) is 10.9. The third-order valence-electron chi connectivity index (χ3n) is 4.64. The summed E-state index contributed by atoms with van der Waals surface area (Å²) in [5.74, 6) is 0. The van der Waals surface area contributed by atoms with Gasteiger partial charge in [0.15, 0.2) is 0 Å². The molecular formula is C19H38N2O. The van der Waals surface area contributed by atoms with E-state index < -0.39 is 0 Å². The van der Waals surface area contributed by atoms with E-state index >= 15 is 0 Å². The van der Waals surface area contributed by atoms with Gasteiger partial charge in [-0.2, -0.15) is 0 Å². The lowest BCUT2D eigenvalue weighted by Gasteiger charge is -2.24. The van der Waals surface area contributed by atoms with Gasteiger partial charge >= 0.3 is 0 Å². The van der Waals surface area contributed by atoms with Gasteiger partial charge < -0.3 is 15.3 Å². The summed E-state index contributed by atoms with van der Waals surface area (Å²) >= 11 is 0. The number of aliphatic hydroxyl groups is 1. The van der Waals surface area contributed by atoms with Crippen LogP contribution in [0.5, 0.6) is 0 Å². The molecular weight excluding hydrogens is 272 g/mol. The third kappa shape index (κ3) is 9.34. The molecule has 1 atom stereocenters. The molecule has 0 saturated heterocycles. The maximum atomic E-state index is 9.01. The first-order valence-corrected chi connectivity index (χ1v) is 9.67. The van der Waals surface area contributed by atoms with E-state index in [1.54, 1.807) is 0 Å². The SMILES string of the molecule is CCCCCCCCCCCCCCC1NC=CN1CCO. The smallest absolute Gasteiger partial charge is 0.0982 e. The summed E-state index contributed by atoms with van der Waals surface area (Å²) in [4.78, 5) is 2.21. The molecule has 22 heavy (non-hydrogen) atoms. The second-order valence-electron chi connectivity index (χ2n) is 6.64. The van der Waals surface area contributed by atoms with Crippen molar-refractivity contribution >= 4 is 0 Å². The highest BCUT2D eigenvalue weighted by atomic mass is 16.3. The monoisotopic (exact) mass is 310 g/mol. The standard InChI is InChI=1S/C19H38N2O/c1-2-3-4-5-6-7-8-9-10-11-12-13-14-19-20-15-16-21(19)17-18-22/h15-16,19-20,22H,2-14,17-18H2,1H3. The zero-order valence-corrected chi connectivity index (χ0v) is 14.7. The van der Waals surface area contributed by atoms with Crippen LogP contribution in [0.3, 0.4) is 0 Å². The summed E-state index contributed by atoms with van der Waals surface area (Å²) in [6, 6.07) is 0. The molecule has 0 aromatic heterocycles. The average Bonchev–Trinajstić information content (AvgIpc) is 2.96. The lowest BCUT2D eigenvalue weighted by Crippen LogP contribution is -2.36. The van der Waals surface area contributed by atoms with E-state index in [-0.39, 0.29) is 6.61 Å². The average molecular weight is 311 g/mol. The molecule has 0 aromatic rings. The molecule has 1 aliphatic heterocycles. The van der Waals surface area contributed by atoms with Gasteiger partial charge in [-0.1, -0.05) is 77.6 Å². The molecule has 0 aromatic carbocycles. The van der Waals surface area contributed by atoms with Crippen molar-refractivity contribution in [1.29, 1.82) is 0 Å². The van der Waals surface area contributed by atoms with E-state index in [0.29, 0.717) is 6.17 Å². The first kappa shape index (κ1) is 19.3. The van der Waals surface area contributed by atoms with E-state index in [2.05, 4.69) is 23.3 Å². The fourth-order valence-corrected chi connectivity index (χ4v) is 3.22. The zero-order chi connectivity index (χ0) is 15.9. The Balaban J connectivity index is 1.80. The second kappa shape index (κ2) is 13.9. The van der Waals surface area contributed by atoms with Crippen LogP contribution in [0.25, 0.3) is 0 Å². The fraction of sp³-hybridized carbons (Fsp3) is 0.895. The van der Waals surface area contributed by atoms with Crippen LogP contribution in [0.1, 0.15) is 90.4 Å². The molecule has 3 nitrogen and oxygen atoms in total. The molecule has 130 valence electrons. The summed E-state index contributed by atoms with van der Waals surface area (Å²) in [5, 5.41) is 12.4. The largest absolute Gasteiger partial charge is 0.395 e. The topological polar surface area (TPSA) is 35.5 Å². The number of aliphatic hydroxyl groups excluding tert-OH is 1. The number of hydrogen-bond donors (Lipinski definition) is 2. The molecule has 1 rings (SSSR count). The van der Waals surface area contributed by atoms with Gasteiger partial charge in [0, 0.05) is 18.9 Å². The molecule has 0 bridgehead atoms. The Labute approximate surface area is 138 Å². The Kier molecular flexibility index (Phi) is 12.2. The summed E-state index contributed by atoms with van der Waals surface area (Å²) in [6.45, 7) is 3.26. The number of nitrogens with one attached hydrogen (secondary N) is 1. The van der Waals surface area contributed by atoms with Crippen molar-refractivity contribution in [3.05, 3.63) is 12.4 Å². The quantitative estimate of drug-likeness (QED) is 0.428. The highest BCUT2D eigenvalue weighted by molar-refractivity contribution is 4.93. The molecule has 1 unspecified atom stereocenters. The molecule has 0 fully saturated rings. The normalized spacial score (nSPS) is 17.2. The molecule has 1 heterocycles. The van der Waals surface area contributed by atoms with Gasteiger partial charge in [-0.05, 0) is 12.8 Å². The molecule has 2 N–H and O–H groups in total. The van der Waals surface area contributed by atoms with Gasteiger partial charge in [-0.3, -0.25) is 0 Å². The van der Waals surface area contributed by atoms with Crippen molar-refractivity contribution in [2.24, 2.45) is 0 Å². The van der Waals surface area contributed by atoms with Crippen molar-refractivity contribution in [3.8, 4) is 0 Å². The van der Waals surface area contributed by atoms with Crippen LogP contribution in [-0.4, -0.2) is 29.3 Å². The molecule has 3 heteroatoms. The van der Waals surface area contributed by atoms with Crippen LogP contribution in [0.2, 0.25) is 0 Å². The summed E-state index contributed by atoms with van der Waals surface area (Å²) in [5.41, 5.74) is 0. The maximum absolute atomic E-state index is 9.01. The Morgan fingerprint density at radius 2 is 1.41 bits per heavy atom. The van der Waals surface area contributed by atoms with Crippen LogP contribution >= 0.6 is 0 Å². The lowest BCUT2D eigenvalue weighted by molar-refractivity contribution is 0.194. The minimum Gasteiger partial charge on any atom is -0.395 e. The van der Waals surface area contributed by atoms with E-state index in [1.807, 2.05) is 6.20 Å². The van der Waals surface area contributed by atoms with Gasteiger partial charge in [0.1, 0.15) is 0 Å². The molecule has 0 amide bonds. The molecule has 0 aliphatic carbocycles. The number of unbranched alkanes of at least 4 members (excludes halogenated alkanes) is 11. The first-order valence-electron chi connectivity index (χ1n) is 9.67. The number of hydrogen-bond acceptors (Lipinski definition) is 3. The molecule has 0 saturated carbocycles. The highest BCUT2D eigenvalue weighted by Crippen LogP contribution is 2.15. The van der Waals surface area contributed by atoms with Crippen LogP contribution in [-0.2, 0) is 0 Å². The van der Waals surface area contributed by atoms with Crippen molar-refractivity contribution in [2.75, 3.05) is 13.2 Å². The summed E-state index contributed by atoms with van der Waals surface area (Å²) < 4.78 is 0. The fourth-order valence-electron chi connectivity index (χ4n) is 3.22. The predicted molar refractivity (Wildman–Crippen MR) is 95.6 cm³/mol. The predicted octanol–water partition coefficient (Wildman–Crippen LogP) is 4.77. The minimum absolute atomic E-state index is 0.237. The van der Waals surface area contributed by atoms with Crippen molar-refractivity contribution in [1.82, 2.24) is 10.2 Å². The highest BCUT2D eigenvalue weighted by Gasteiger charge is 2.16. The third-order valence-corrected chi connectivity index (χ3v) is 4.64. The van der Waals surface area contributed by atoms with Crippen molar-refractivity contribution in [2.45, 2.75) is 96.6 Å². The Bertz CT molecular complexity index is 268. The molecule has 1 aliphatic rings. The van der Waals surface area contributed by atoms with Gasteiger partial charge in [-0.25, -0.2) is 0 Å². The maximum Gasteiger partial charge on any atom is 0.0982 e. The molecule has 0 spiro atoms. The van der Waals surface area contributed by atoms with Crippen LogP contribution in [0.15, 0.2) is 12.4 Å². The number of nitrogens with zero attached hydrogens (tertiary/aromatic N) is 1. The number of rotatable bonds is 15. The summed E-state index contributed by atoms with van der Waals surface area (Å²) in [6.07, 6.45) is 22.5. The van der Waals surface area contributed by atoms with Gasteiger partial charge in [0.25, 0.3) is 0 Å². The minimum atomic E-state index is 0.237. The molecule has 0 radical (unpaired) electrons. The lowest BCUT2D eigenvalue weighted by atomic mass is 10.0. The van der Waals surface area contributed by atoms with Gasteiger partial charge in [-0.15, -0.1) is 0 Å². The van der Waals surface area contributed by atoms with E-state index in [1.165, 1.54) is 83.5 Å². The van der Waals surface area contributed by atoms with Crippen molar-refractivity contribution in [3.63, 3.8) is 0 Å². The van der Waals surface area contributed by atoms with Crippen LogP contribution < -0.4 is 5.32 Å². The number of β-amino-alcohol motifs (C(OH)–C–C–N with tert-alkyl or cyclic N) is 1. The van der Waals surface area contributed by atoms with Gasteiger partial charge in [0.2, 0.25) is 0 Å². The Morgan fingerprint density at radius 1 is 0.864 bits per heavy atom. The zero-order valence-electron chi connectivity index (χ0n) is 14.7. The van der Waals surface area contributed by atoms with Gasteiger partial charge in [0.05, 0.1) is 12.8 Å². The van der Waals surface area contributed by atoms with E-state index in [4.69, 9.17) is 5.11 Å². The Hall–Kier alpha value is -0.700. The summed E-state index contributed by atoms with van der Waals surface area (Å²) in [7, 11) is 0. The Morgan fingerprint density at radius 3 is 1.95 bits per heavy atom.